The number of thiol groups is 1. The maximum absolute atomic E-state index is 11.9. The minimum Gasteiger partial charge on any atom is -0.478 e. The highest BCUT2D eigenvalue weighted by Crippen LogP contribution is 2.26. The molecule has 1 amide bonds. The summed E-state index contributed by atoms with van der Waals surface area (Å²) in [6.45, 7) is 2.06. The molecule has 0 saturated heterocycles. The normalized spacial score (nSPS) is 16.0. The Labute approximate surface area is 153 Å². The molecule has 2 aliphatic carbocycles. The summed E-state index contributed by atoms with van der Waals surface area (Å²) in [5.41, 5.74) is 2.83. The Morgan fingerprint density at radius 1 is 1.16 bits per heavy atom. The quantitative estimate of drug-likeness (QED) is 0.711. The average Bonchev–Trinajstić information content (AvgIpc) is 3.06. The first-order valence-corrected chi connectivity index (χ1v) is 8.80. The summed E-state index contributed by atoms with van der Waals surface area (Å²) < 4.78 is 0. The second-order valence-corrected chi connectivity index (χ2v) is 6.58. The molecule has 4 nitrogen and oxygen atoms in total. The van der Waals surface area contributed by atoms with E-state index in [1.54, 1.807) is 0 Å². The van der Waals surface area contributed by atoms with Crippen LogP contribution in [0.15, 0.2) is 64.2 Å². The number of carbonyl (C=O) groups excluding carboxylic acids is 1. The van der Waals surface area contributed by atoms with Crippen LogP contribution in [0.4, 0.5) is 0 Å². The SMILES string of the molecule is Cc1cccc(S)c1.O=C(O)C1=C(C(=O)NC2=CC=CCC2)CCC1. The molecule has 0 heterocycles. The lowest BCUT2D eigenvalue weighted by molar-refractivity contribution is -0.133. The molecule has 0 unspecified atom stereocenters. The Bertz CT molecular complexity index is 730. The van der Waals surface area contributed by atoms with E-state index in [0.29, 0.717) is 18.4 Å². The van der Waals surface area contributed by atoms with Gasteiger partial charge in [-0.15, -0.1) is 12.6 Å². The third-order valence-electron chi connectivity index (χ3n) is 4.04. The summed E-state index contributed by atoms with van der Waals surface area (Å²) in [5, 5.41) is 11.8. The highest BCUT2D eigenvalue weighted by Gasteiger charge is 2.25. The van der Waals surface area contributed by atoms with Crippen molar-refractivity contribution in [3.63, 3.8) is 0 Å². The molecule has 25 heavy (non-hydrogen) atoms. The van der Waals surface area contributed by atoms with Gasteiger partial charge in [-0.2, -0.15) is 0 Å². The molecule has 132 valence electrons. The number of hydrogen-bond donors (Lipinski definition) is 3. The number of amides is 1. The first-order chi connectivity index (χ1) is 12.0. The zero-order chi connectivity index (χ0) is 18.2. The first kappa shape index (κ1) is 19.1. The van der Waals surface area contributed by atoms with Gasteiger partial charge in [-0.3, -0.25) is 4.79 Å². The number of carbonyl (C=O) groups is 2. The maximum Gasteiger partial charge on any atom is 0.332 e. The molecule has 0 bridgehead atoms. The summed E-state index contributed by atoms with van der Waals surface area (Å²) >= 11 is 4.15. The minimum absolute atomic E-state index is 0.249. The largest absolute Gasteiger partial charge is 0.478 e. The van der Waals surface area contributed by atoms with E-state index in [9.17, 15) is 9.59 Å². The Morgan fingerprint density at radius 3 is 2.48 bits per heavy atom. The smallest absolute Gasteiger partial charge is 0.332 e. The van der Waals surface area contributed by atoms with Crippen molar-refractivity contribution in [1.82, 2.24) is 5.32 Å². The predicted molar refractivity (Wildman–Crippen MR) is 102 cm³/mol. The number of hydrogen-bond acceptors (Lipinski definition) is 3. The van der Waals surface area contributed by atoms with E-state index in [0.717, 1.165) is 29.9 Å². The predicted octanol–water partition coefficient (Wildman–Crippen LogP) is 4.19. The average molecular weight is 357 g/mol. The van der Waals surface area contributed by atoms with Gasteiger partial charge in [-0.25, -0.2) is 4.79 Å². The number of aliphatic carboxylic acids is 1. The molecule has 0 fully saturated rings. The van der Waals surface area contributed by atoms with Gasteiger partial charge in [-0.1, -0.05) is 29.8 Å². The van der Waals surface area contributed by atoms with Crippen molar-refractivity contribution in [2.75, 3.05) is 0 Å². The van der Waals surface area contributed by atoms with Crippen LogP contribution < -0.4 is 5.32 Å². The lowest BCUT2D eigenvalue weighted by Gasteiger charge is -2.11. The second-order valence-electron chi connectivity index (χ2n) is 6.07. The monoisotopic (exact) mass is 357 g/mol. The summed E-state index contributed by atoms with van der Waals surface area (Å²) in [5.74, 6) is -1.22. The third kappa shape index (κ3) is 5.94. The number of benzene rings is 1. The lowest BCUT2D eigenvalue weighted by Crippen LogP contribution is -2.25. The molecule has 2 aliphatic rings. The summed E-state index contributed by atoms with van der Waals surface area (Å²) in [4.78, 5) is 23.9. The van der Waals surface area contributed by atoms with E-state index in [1.165, 1.54) is 5.56 Å². The van der Waals surface area contributed by atoms with Gasteiger partial charge in [0.25, 0.3) is 5.91 Å². The van der Waals surface area contributed by atoms with Crippen molar-refractivity contribution in [3.05, 3.63) is 64.9 Å². The number of nitrogens with one attached hydrogen (secondary N) is 1. The van der Waals surface area contributed by atoms with Crippen LogP contribution in [0.3, 0.4) is 0 Å². The van der Waals surface area contributed by atoms with Gasteiger partial charge in [0.1, 0.15) is 0 Å². The Kier molecular flexibility index (Phi) is 7.07. The molecule has 0 spiro atoms. The number of allylic oxidation sites excluding steroid dienone is 4. The van der Waals surface area contributed by atoms with Gasteiger partial charge < -0.3 is 10.4 Å². The van der Waals surface area contributed by atoms with Crippen molar-refractivity contribution in [1.29, 1.82) is 0 Å². The van der Waals surface area contributed by atoms with Crippen LogP contribution >= 0.6 is 12.6 Å². The molecule has 2 N–H and O–H groups in total. The third-order valence-corrected chi connectivity index (χ3v) is 4.32. The molecule has 0 radical (unpaired) electrons. The molecular weight excluding hydrogens is 334 g/mol. The molecule has 0 saturated carbocycles. The van der Waals surface area contributed by atoms with Gasteiger partial charge in [0.2, 0.25) is 0 Å². The highest BCUT2D eigenvalue weighted by molar-refractivity contribution is 7.80. The van der Waals surface area contributed by atoms with Gasteiger partial charge in [0.05, 0.1) is 0 Å². The Balaban J connectivity index is 0.000000236. The molecule has 0 aliphatic heterocycles. The van der Waals surface area contributed by atoms with E-state index >= 15 is 0 Å². The van der Waals surface area contributed by atoms with E-state index in [2.05, 4.69) is 30.9 Å². The van der Waals surface area contributed by atoms with Gasteiger partial charge in [0, 0.05) is 21.7 Å². The highest BCUT2D eigenvalue weighted by atomic mass is 32.1. The minimum atomic E-state index is -0.967. The van der Waals surface area contributed by atoms with Crippen LogP contribution in [-0.4, -0.2) is 17.0 Å². The van der Waals surface area contributed by atoms with Gasteiger partial charge in [-0.05, 0) is 57.2 Å². The zero-order valence-electron chi connectivity index (χ0n) is 14.3. The fourth-order valence-corrected chi connectivity index (χ4v) is 3.08. The molecule has 1 aromatic carbocycles. The molecule has 3 rings (SSSR count). The zero-order valence-corrected chi connectivity index (χ0v) is 15.2. The van der Waals surface area contributed by atoms with Crippen LogP contribution in [-0.2, 0) is 9.59 Å². The number of rotatable bonds is 3. The number of carboxylic acid groups (broad SMARTS) is 1. The van der Waals surface area contributed by atoms with Crippen LogP contribution in [0.2, 0.25) is 0 Å². The molecule has 1 aromatic rings. The summed E-state index contributed by atoms with van der Waals surface area (Å²) in [6, 6.07) is 8.05. The Morgan fingerprint density at radius 2 is 1.92 bits per heavy atom. The first-order valence-electron chi connectivity index (χ1n) is 8.35. The lowest BCUT2D eigenvalue weighted by atomic mass is 10.1. The maximum atomic E-state index is 11.9. The van der Waals surface area contributed by atoms with E-state index in [4.69, 9.17) is 5.11 Å². The standard InChI is InChI=1S/C13H15NO3.C7H8S/c15-12(14-9-5-2-1-3-6-9)10-7-4-8-11(10)13(16)17;1-6-3-2-4-7(8)5-6/h1-2,5H,3-4,6-8H2,(H,14,15)(H,16,17);2-5,8H,1H3. The number of carboxylic acids is 1. The topological polar surface area (TPSA) is 66.4 Å². The van der Waals surface area contributed by atoms with Crippen molar-refractivity contribution in [3.8, 4) is 0 Å². The van der Waals surface area contributed by atoms with Crippen LogP contribution in [0.1, 0.15) is 37.7 Å². The van der Waals surface area contributed by atoms with Crippen molar-refractivity contribution in [2.45, 2.75) is 43.9 Å². The Hall–Kier alpha value is -2.27. The summed E-state index contributed by atoms with van der Waals surface area (Å²) in [6.07, 6.45) is 9.33. The van der Waals surface area contributed by atoms with E-state index in [-0.39, 0.29) is 11.5 Å². The molecule has 0 atom stereocenters. The molecule has 0 aromatic heterocycles. The van der Waals surface area contributed by atoms with Crippen molar-refractivity contribution < 1.29 is 14.7 Å². The van der Waals surface area contributed by atoms with Crippen LogP contribution in [0.5, 0.6) is 0 Å². The van der Waals surface area contributed by atoms with Gasteiger partial charge in [0.15, 0.2) is 0 Å². The fraction of sp³-hybridized carbons (Fsp3) is 0.300. The van der Waals surface area contributed by atoms with Crippen molar-refractivity contribution >= 4 is 24.5 Å². The van der Waals surface area contributed by atoms with E-state index < -0.39 is 5.97 Å². The molecule has 5 heteroatoms. The van der Waals surface area contributed by atoms with Crippen LogP contribution in [0.25, 0.3) is 0 Å². The summed E-state index contributed by atoms with van der Waals surface area (Å²) in [7, 11) is 0. The van der Waals surface area contributed by atoms with Crippen molar-refractivity contribution in [2.24, 2.45) is 0 Å². The van der Waals surface area contributed by atoms with Gasteiger partial charge >= 0.3 is 5.97 Å². The second kappa shape index (κ2) is 9.28. The van der Waals surface area contributed by atoms with Crippen LogP contribution in [0, 0.1) is 6.92 Å². The van der Waals surface area contributed by atoms with E-state index in [1.807, 2.05) is 36.4 Å². The number of aryl methyl sites for hydroxylation is 1. The fourth-order valence-electron chi connectivity index (χ4n) is 2.79. The molecular formula is C20H23NO3S.